The number of thioether (sulfide) groups is 1. The Labute approximate surface area is 128 Å². The van der Waals surface area contributed by atoms with Crippen LogP contribution in [-0.2, 0) is 9.59 Å². The number of nitrogens with one attached hydrogen (secondary N) is 1. The first kappa shape index (κ1) is 15.6. The molecule has 1 aromatic heterocycles. The molecule has 6 heteroatoms. The van der Waals surface area contributed by atoms with Crippen molar-refractivity contribution in [2.45, 2.75) is 26.3 Å². The van der Waals surface area contributed by atoms with Crippen LogP contribution in [-0.4, -0.2) is 39.4 Å². The number of nitrogens with zero attached hydrogens (tertiary/aromatic N) is 2. The fourth-order valence-corrected chi connectivity index (χ4v) is 3.29. The third-order valence-corrected chi connectivity index (χ3v) is 4.25. The lowest BCUT2D eigenvalue weighted by Gasteiger charge is -2.23. The molecule has 2 rings (SSSR count). The molecule has 1 saturated heterocycles. The second-order valence-electron chi connectivity index (χ2n) is 4.81. The van der Waals surface area contributed by atoms with Gasteiger partial charge in [-0.3, -0.25) is 14.6 Å². The van der Waals surface area contributed by atoms with Crippen molar-refractivity contribution in [3.05, 3.63) is 36.2 Å². The molecule has 5 nitrogen and oxygen atoms in total. The zero-order valence-corrected chi connectivity index (χ0v) is 13.0. The van der Waals surface area contributed by atoms with Gasteiger partial charge in [0.1, 0.15) is 6.04 Å². The number of hydrogen-bond acceptors (Lipinski definition) is 4. The van der Waals surface area contributed by atoms with Crippen LogP contribution in [0.4, 0.5) is 5.69 Å². The molecule has 2 heterocycles. The standard InChI is InChI=1S/C15H19N3O2S/c1-3-4-11(2)15(20)18-10-21-9-13(18)14(19)17-12-5-7-16-8-6-12/h4-8,13H,3,9-10H2,1-2H3,(H,16,17,19)/b11-4+. The minimum atomic E-state index is -0.420. The van der Waals surface area contributed by atoms with Gasteiger partial charge in [-0.25, -0.2) is 0 Å². The van der Waals surface area contributed by atoms with Crippen LogP contribution in [0.1, 0.15) is 20.3 Å². The van der Waals surface area contributed by atoms with Gasteiger partial charge in [0.2, 0.25) is 5.91 Å². The molecule has 1 aliphatic heterocycles. The van der Waals surface area contributed by atoms with Crippen molar-refractivity contribution in [2.75, 3.05) is 16.9 Å². The predicted molar refractivity (Wildman–Crippen MR) is 84.9 cm³/mol. The zero-order valence-electron chi connectivity index (χ0n) is 12.2. The number of aromatic nitrogens is 1. The lowest BCUT2D eigenvalue weighted by molar-refractivity contribution is -0.133. The Bertz CT molecular complexity index is 545. The van der Waals surface area contributed by atoms with E-state index in [2.05, 4.69) is 10.3 Å². The molecule has 0 saturated carbocycles. The van der Waals surface area contributed by atoms with Crippen molar-refractivity contribution in [2.24, 2.45) is 0 Å². The highest BCUT2D eigenvalue weighted by atomic mass is 32.2. The number of carbonyl (C=O) groups is 2. The van der Waals surface area contributed by atoms with Crippen LogP contribution in [0.5, 0.6) is 0 Å². The summed E-state index contributed by atoms with van der Waals surface area (Å²) in [4.78, 5) is 30.3. The van der Waals surface area contributed by atoms with E-state index in [9.17, 15) is 9.59 Å². The van der Waals surface area contributed by atoms with Crippen molar-refractivity contribution < 1.29 is 9.59 Å². The number of rotatable bonds is 4. The Morgan fingerprint density at radius 2 is 2.19 bits per heavy atom. The van der Waals surface area contributed by atoms with Crippen LogP contribution in [0.25, 0.3) is 0 Å². The average Bonchev–Trinajstić information content (AvgIpc) is 2.97. The van der Waals surface area contributed by atoms with Crippen molar-refractivity contribution in [1.29, 1.82) is 0 Å². The van der Waals surface area contributed by atoms with E-state index < -0.39 is 6.04 Å². The van der Waals surface area contributed by atoms with Gasteiger partial charge in [-0.05, 0) is 25.5 Å². The minimum Gasteiger partial charge on any atom is -0.324 e. The lowest BCUT2D eigenvalue weighted by Crippen LogP contribution is -2.44. The van der Waals surface area contributed by atoms with E-state index in [1.54, 1.807) is 48.1 Å². The highest BCUT2D eigenvalue weighted by molar-refractivity contribution is 7.99. The van der Waals surface area contributed by atoms with E-state index in [1.807, 2.05) is 13.0 Å². The molecule has 112 valence electrons. The van der Waals surface area contributed by atoms with Crippen molar-refractivity contribution in [3.8, 4) is 0 Å². The molecule has 2 amide bonds. The van der Waals surface area contributed by atoms with Crippen LogP contribution in [0.2, 0.25) is 0 Å². The fraction of sp³-hybridized carbons (Fsp3) is 0.400. The molecule has 1 fully saturated rings. The summed E-state index contributed by atoms with van der Waals surface area (Å²) < 4.78 is 0. The summed E-state index contributed by atoms with van der Waals surface area (Å²) in [6.45, 7) is 3.79. The van der Waals surface area contributed by atoms with Crippen LogP contribution in [0.3, 0.4) is 0 Å². The summed E-state index contributed by atoms with van der Waals surface area (Å²) in [5.74, 6) is 0.977. The smallest absolute Gasteiger partial charge is 0.250 e. The van der Waals surface area contributed by atoms with Gasteiger partial charge in [0.15, 0.2) is 0 Å². The molecule has 21 heavy (non-hydrogen) atoms. The summed E-state index contributed by atoms with van der Waals surface area (Å²) in [6.07, 6.45) is 5.95. The summed E-state index contributed by atoms with van der Waals surface area (Å²) in [7, 11) is 0. The second-order valence-corrected chi connectivity index (χ2v) is 5.81. The van der Waals surface area contributed by atoms with Crippen molar-refractivity contribution in [1.82, 2.24) is 9.88 Å². The molecule has 1 aromatic rings. The Morgan fingerprint density at radius 1 is 1.48 bits per heavy atom. The maximum Gasteiger partial charge on any atom is 0.250 e. The Morgan fingerprint density at radius 3 is 2.86 bits per heavy atom. The van der Waals surface area contributed by atoms with Gasteiger partial charge in [0.05, 0.1) is 5.88 Å². The normalized spacial score (nSPS) is 18.7. The quantitative estimate of drug-likeness (QED) is 0.867. The van der Waals surface area contributed by atoms with Gasteiger partial charge < -0.3 is 10.2 Å². The molecule has 0 bridgehead atoms. The van der Waals surface area contributed by atoms with E-state index in [4.69, 9.17) is 0 Å². The summed E-state index contributed by atoms with van der Waals surface area (Å²) >= 11 is 1.60. The van der Waals surface area contributed by atoms with Gasteiger partial charge >= 0.3 is 0 Å². The average molecular weight is 305 g/mol. The monoisotopic (exact) mass is 305 g/mol. The molecule has 0 aliphatic carbocycles. The van der Waals surface area contributed by atoms with Crippen LogP contribution in [0, 0.1) is 0 Å². The molecular weight excluding hydrogens is 286 g/mol. The number of amides is 2. The Balaban J connectivity index is 2.06. The van der Waals surface area contributed by atoms with Gasteiger partial charge in [-0.2, -0.15) is 0 Å². The number of pyridine rings is 1. The first-order valence-corrected chi connectivity index (χ1v) is 8.05. The first-order chi connectivity index (χ1) is 10.1. The molecule has 1 N–H and O–H groups in total. The van der Waals surface area contributed by atoms with Crippen LogP contribution < -0.4 is 5.32 Å². The second kappa shape index (κ2) is 7.26. The molecule has 0 aromatic carbocycles. The van der Waals surface area contributed by atoms with Crippen molar-refractivity contribution in [3.63, 3.8) is 0 Å². The predicted octanol–water partition coefficient (Wildman–Crippen LogP) is 2.28. The maximum atomic E-state index is 12.4. The molecule has 1 atom stereocenters. The van der Waals surface area contributed by atoms with Gasteiger partial charge in [-0.15, -0.1) is 11.8 Å². The topological polar surface area (TPSA) is 62.3 Å². The van der Waals surface area contributed by atoms with E-state index >= 15 is 0 Å². The number of allylic oxidation sites excluding steroid dienone is 1. The van der Waals surface area contributed by atoms with Crippen LogP contribution >= 0.6 is 11.8 Å². The summed E-state index contributed by atoms with van der Waals surface area (Å²) in [6, 6.07) is 3.04. The maximum absolute atomic E-state index is 12.4. The first-order valence-electron chi connectivity index (χ1n) is 6.90. The highest BCUT2D eigenvalue weighted by Crippen LogP contribution is 2.24. The SMILES string of the molecule is CC/C=C(\C)C(=O)N1CSCC1C(=O)Nc1ccncc1. The van der Waals surface area contributed by atoms with Gasteiger partial charge in [0, 0.05) is 29.4 Å². The highest BCUT2D eigenvalue weighted by Gasteiger charge is 2.34. The molecule has 1 aliphatic rings. The van der Waals surface area contributed by atoms with Crippen molar-refractivity contribution >= 4 is 29.3 Å². The molecule has 1 unspecified atom stereocenters. The van der Waals surface area contributed by atoms with E-state index in [1.165, 1.54) is 0 Å². The van der Waals surface area contributed by atoms with E-state index in [0.29, 0.717) is 22.9 Å². The third-order valence-electron chi connectivity index (χ3n) is 3.24. The molecule has 0 radical (unpaired) electrons. The largest absolute Gasteiger partial charge is 0.324 e. The number of carbonyl (C=O) groups excluding carboxylic acids is 2. The molecule has 0 spiro atoms. The minimum absolute atomic E-state index is 0.0586. The number of hydrogen-bond donors (Lipinski definition) is 1. The Hall–Kier alpha value is -1.82. The van der Waals surface area contributed by atoms with E-state index in [0.717, 1.165) is 6.42 Å². The fourth-order valence-electron chi connectivity index (χ4n) is 2.14. The summed E-state index contributed by atoms with van der Waals surface area (Å²) in [5, 5.41) is 2.83. The number of anilines is 1. The molecular formula is C15H19N3O2S. The lowest BCUT2D eigenvalue weighted by atomic mass is 10.2. The zero-order chi connectivity index (χ0) is 15.2. The van der Waals surface area contributed by atoms with Crippen LogP contribution in [0.15, 0.2) is 36.2 Å². The third kappa shape index (κ3) is 3.85. The Kier molecular flexibility index (Phi) is 5.38. The van der Waals surface area contributed by atoms with Gasteiger partial charge in [0.25, 0.3) is 5.91 Å². The van der Waals surface area contributed by atoms with E-state index in [-0.39, 0.29) is 11.8 Å². The van der Waals surface area contributed by atoms with Gasteiger partial charge in [-0.1, -0.05) is 13.0 Å². The summed E-state index contributed by atoms with van der Waals surface area (Å²) in [5.41, 5.74) is 1.39.